The van der Waals surface area contributed by atoms with Gasteiger partial charge in [-0.25, -0.2) is 0 Å². The molecule has 0 spiro atoms. The Balaban J connectivity index is 2.18. The predicted octanol–water partition coefficient (Wildman–Crippen LogP) is 2.86. The van der Waals surface area contributed by atoms with Crippen LogP contribution in [0.5, 0.6) is 0 Å². The molecule has 0 saturated heterocycles. The number of carbonyl (C=O) groups excluding carboxylic acids is 1. The highest BCUT2D eigenvalue weighted by Gasteiger charge is 2.34. The van der Waals surface area contributed by atoms with Gasteiger partial charge in [-0.1, -0.05) is 25.3 Å². The fourth-order valence-electron chi connectivity index (χ4n) is 2.55. The van der Waals surface area contributed by atoms with Crippen molar-refractivity contribution in [3.63, 3.8) is 0 Å². The zero-order valence-electron chi connectivity index (χ0n) is 7.73. The van der Waals surface area contributed by atoms with Crippen molar-refractivity contribution in [3.8, 4) is 0 Å². The van der Waals surface area contributed by atoms with Crippen LogP contribution < -0.4 is 0 Å². The van der Waals surface area contributed by atoms with E-state index in [0.717, 1.165) is 12.8 Å². The van der Waals surface area contributed by atoms with Gasteiger partial charge in [-0.15, -0.1) is 0 Å². The van der Waals surface area contributed by atoms with E-state index in [9.17, 15) is 4.79 Å². The van der Waals surface area contributed by atoms with Crippen LogP contribution in [-0.2, 0) is 4.79 Å². The monoisotopic (exact) mass is 164 g/mol. The molecule has 0 atom stereocenters. The summed E-state index contributed by atoms with van der Waals surface area (Å²) in [6, 6.07) is 0. The highest BCUT2D eigenvalue weighted by atomic mass is 16.1. The molecule has 0 amide bonds. The topological polar surface area (TPSA) is 17.1 Å². The lowest BCUT2D eigenvalue weighted by Crippen LogP contribution is -2.12. The van der Waals surface area contributed by atoms with Gasteiger partial charge in [0, 0.05) is 6.42 Å². The van der Waals surface area contributed by atoms with Crippen LogP contribution in [0.2, 0.25) is 0 Å². The maximum Gasteiger partial charge on any atom is 0.155 e. The van der Waals surface area contributed by atoms with Gasteiger partial charge in [0.25, 0.3) is 0 Å². The van der Waals surface area contributed by atoms with E-state index in [-0.39, 0.29) is 0 Å². The van der Waals surface area contributed by atoms with E-state index in [1.807, 2.05) is 6.08 Å². The lowest BCUT2D eigenvalue weighted by molar-refractivity contribution is -0.114. The molecule has 1 heteroatoms. The fraction of sp³-hybridized carbons (Fsp3) is 0.727. The number of carbonyl (C=O) groups is 1. The van der Waals surface area contributed by atoms with Crippen molar-refractivity contribution in [1.82, 2.24) is 0 Å². The second kappa shape index (κ2) is 2.72. The highest BCUT2D eigenvalue weighted by molar-refractivity contribution is 5.93. The molecular formula is C11H16O. The average molecular weight is 164 g/mol. The van der Waals surface area contributed by atoms with E-state index >= 15 is 0 Å². The quantitative estimate of drug-likeness (QED) is 0.582. The first-order valence-electron chi connectivity index (χ1n) is 4.95. The number of ketones is 1. The maximum atomic E-state index is 11.1. The van der Waals surface area contributed by atoms with Gasteiger partial charge in [-0.3, -0.25) is 4.79 Å². The van der Waals surface area contributed by atoms with Crippen molar-refractivity contribution in [2.24, 2.45) is 5.41 Å². The summed E-state index contributed by atoms with van der Waals surface area (Å²) in [5.41, 5.74) is 1.83. The van der Waals surface area contributed by atoms with E-state index in [1.165, 1.54) is 31.3 Å². The third-order valence-electron chi connectivity index (χ3n) is 3.46. The van der Waals surface area contributed by atoms with Crippen molar-refractivity contribution in [2.75, 3.05) is 0 Å². The Morgan fingerprint density at radius 1 is 1.25 bits per heavy atom. The summed E-state index contributed by atoms with van der Waals surface area (Å²) in [6.45, 7) is 2.32. The van der Waals surface area contributed by atoms with Crippen LogP contribution in [0.3, 0.4) is 0 Å². The molecule has 2 aliphatic carbocycles. The molecule has 12 heavy (non-hydrogen) atoms. The summed E-state index contributed by atoms with van der Waals surface area (Å²) in [5, 5.41) is 0. The van der Waals surface area contributed by atoms with Gasteiger partial charge in [0.2, 0.25) is 0 Å². The van der Waals surface area contributed by atoms with Crippen LogP contribution in [0.25, 0.3) is 0 Å². The molecule has 66 valence electrons. The SMILES string of the molecule is CC1(C2=CC(=O)CC2)CCCC1. The lowest BCUT2D eigenvalue weighted by Gasteiger charge is -2.24. The summed E-state index contributed by atoms with van der Waals surface area (Å²) in [5.74, 6) is 0.345. The molecule has 0 aliphatic heterocycles. The standard InChI is InChI=1S/C11H16O/c1-11(6-2-3-7-11)9-4-5-10(12)8-9/h8H,2-7H2,1H3. The van der Waals surface area contributed by atoms with Crippen LogP contribution >= 0.6 is 0 Å². The molecule has 1 saturated carbocycles. The van der Waals surface area contributed by atoms with Crippen molar-refractivity contribution in [3.05, 3.63) is 11.6 Å². The number of allylic oxidation sites excluding steroid dienone is 2. The van der Waals surface area contributed by atoms with Gasteiger partial charge in [0.1, 0.15) is 0 Å². The molecule has 1 fully saturated rings. The van der Waals surface area contributed by atoms with Gasteiger partial charge >= 0.3 is 0 Å². The van der Waals surface area contributed by atoms with Crippen LogP contribution in [0, 0.1) is 5.41 Å². The number of hydrogen-bond acceptors (Lipinski definition) is 1. The number of rotatable bonds is 1. The van der Waals surface area contributed by atoms with E-state index in [0.29, 0.717) is 11.2 Å². The van der Waals surface area contributed by atoms with E-state index < -0.39 is 0 Å². The lowest BCUT2D eigenvalue weighted by atomic mass is 9.80. The molecule has 0 unspecified atom stereocenters. The van der Waals surface area contributed by atoms with Crippen molar-refractivity contribution < 1.29 is 4.79 Å². The Kier molecular flexibility index (Phi) is 1.82. The predicted molar refractivity (Wildman–Crippen MR) is 48.9 cm³/mol. The molecule has 2 aliphatic rings. The Hall–Kier alpha value is -0.590. The minimum absolute atomic E-state index is 0.345. The summed E-state index contributed by atoms with van der Waals surface area (Å²) >= 11 is 0. The van der Waals surface area contributed by atoms with Crippen LogP contribution in [-0.4, -0.2) is 5.78 Å². The highest BCUT2D eigenvalue weighted by Crippen LogP contribution is 2.46. The summed E-state index contributed by atoms with van der Waals surface area (Å²) in [6.07, 6.45) is 9.01. The summed E-state index contributed by atoms with van der Waals surface area (Å²) in [4.78, 5) is 11.1. The van der Waals surface area contributed by atoms with E-state index in [2.05, 4.69) is 6.92 Å². The molecule has 0 bridgehead atoms. The molecule has 0 radical (unpaired) electrons. The fourth-order valence-corrected chi connectivity index (χ4v) is 2.55. The minimum atomic E-state index is 0.345. The molecule has 2 rings (SSSR count). The molecule has 1 nitrogen and oxygen atoms in total. The molecule has 0 heterocycles. The Morgan fingerprint density at radius 2 is 1.92 bits per heavy atom. The van der Waals surface area contributed by atoms with Gasteiger partial charge in [-0.05, 0) is 30.8 Å². The van der Waals surface area contributed by atoms with Crippen molar-refractivity contribution in [2.45, 2.75) is 45.4 Å². The van der Waals surface area contributed by atoms with Gasteiger partial charge < -0.3 is 0 Å². The van der Waals surface area contributed by atoms with Crippen molar-refractivity contribution in [1.29, 1.82) is 0 Å². The maximum absolute atomic E-state index is 11.1. The van der Waals surface area contributed by atoms with E-state index in [1.54, 1.807) is 0 Å². The third-order valence-corrected chi connectivity index (χ3v) is 3.46. The molecule has 0 aromatic rings. The van der Waals surface area contributed by atoms with Crippen LogP contribution in [0.15, 0.2) is 11.6 Å². The Morgan fingerprint density at radius 3 is 2.42 bits per heavy atom. The Labute approximate surface area is 73.8 Å². The first kappa shape index (κ1) is 8.03. The first-order valence-corrected chi connectivity index (χ1v) is 4.95. The zero-order chi connectivity index (χ0) is 8.60. The number of hydrogen-bond donors (Lipinski definition) is 0. The zero-order valence-corrected chi connectivity index (χ0v) is 7.73. The van der Waals surface area contributed by atoms with Gasteiger partial charge in [0.15, 0.2) is 5.78 Å². The molecular weight excluding hydrogens is 148 g/mol. The second-order valence-electron chi connectivity index (χ2n) is 4.40. The average Bonchev–Trinajstić information content (AvgIpc) is 2.59. The van der Waals surface area contributed by atoms with Gasteiger partial charge in [-0.2, -0.15) is 0 Å². The smallest absolute Gasteiger partial charge is 0.155 e. The third kappa shape index (κ3) is 1.21. The largest absolute Gasteiger partial charge is 0.295 e. The van der Waals surface area contributed by atoms with E-state index in [4.69, 9.17) is 0 Å². The second-order valence-corrected chi connectivity index (χ2v) is 4.40. The van der Waals surface area contributed by atoms with Crippen LogP contribution in [0.4, 0.5) is 0 Å². The molecule has 0 aromatic carbocycles. The normalized spacial score (nSPS) is 27.8. The summed E-state index contributed by atoms with van der Waals surface area (Å²) < 4.78 is 0. The Bertz CT molecular complexity index is 231. The van der Waals surface area contributed by atoms with Crippen molar-refractivity contribution >= 4 is 5.78 Å². The summed E-state index contributed by atoms with van der Waals surface area (Å²) in [7, 11) is 0. The first-order chi connectivity index (χ1) is 5.71. The van der Waals surface area contributed by atoms with Gasteiger partial charge in [0.05, 0.1) is 0 Å². The molecule has 0 aromatic heterocycles. The minimum Gasteiger partial charge on any atom is -0.295 e. The van der Waals surface area contributed by atoms with Crippen LogP contribution in [0.1, 0.15) is 45.4 Å². The molecule has 0 N–H and O–H groups in total.